The van der Waals surface area contributed by atoms with E-state index in [9.17, 15) is 14.4 Å². The monoisotopic (exact) mass is 438 g/mol. The zero-order chi connectivity index (χ0) is 21.4. The highest BCUT2D eigenvalue weighted by Crippen LogP contribution is 2.33. The minimum Gasteiger partial charge on any atom is -0.484 e. The van der Waals surface area contributed by atoms with Gasteiger partial charge in [-0.15, -0.1) is 11.3 Å². The van der Waals surface area contributed by atoms with E-state index in [0.29, 0.717) is 27.8 Å². The lowest BCUT2D eigenvalue weighted by molar-refractivity contribution is -0.118. The topological polar surface area (TPSA) is 93.7 Å². The van der Waals surface area contributed by atoms with Crippen molar-refractivity contribution in [2.75, 3.05) is 25.6 Å². The first kappa shape index (κ1) is 22.7. The smallest absolute Gasteiger partial charge is 0.341 e. The fraction of sp³-hybridized carbons (Fsp3) is 0.350. The highest BCUT2D eigenvalue weighted by Gasteiger charge is 2.26. The summed E-state index contributed by atoms with van der Waals surface area (Å²) in [7, 11) is 1.25. The van der Waals surface area contributed by atoms with Crippen LogP contribution in [0.3, 0.4) is 0 Å². The third-order valence-electron chi connectivity index (χ3n) is 3.99. The van der Waals surface area contributed by atoms with Gasteiger partial charge in [-0.2, -0.15) is 0 Å². The Bertz CT molecular complexity index is 880. The number of hydrogen-bond acceptors (Lipinski definition) is 6. The van der Waals surface area contributed by atoms with E-state index in [0.717, 1.165) is 24.2 Å². The highest BCUT2D eigenvalue weighted by molar-refractivity contribution is 7.18. The minimum atomic E-state index is -0.625. The summed E-state index contributed by atoms with van der Waals surface area (Å²) in [5, 5.41) is 6.26. The van der Waals surface area contributed by atoms with Crippen LogP contribution in [0.5, 0.6) is 5.75 Å². The number of hydrogen-bond donors (Lipinski definition) is 2. The zero-order valence-electron chi connectivity index (χ0n) is 16.5. The standard InChI is InChI=1S/C20H23ClN2O5S/c1-4-5-10-22-18(25)17-12(2)16(20(26)27-3)19(29-17)23-15(24)11-28-14-8-6-13(21)7-9-14/h6-9H,4-5,10-11H2,1-3H3,(H,22,25)(H,23,24). The number of rotatable bonds is 9. The van der Waals surface area contributed by atoms with Gasteiger partial charge in [0.15, 0.2) is 6.61 Å². The molecule has 0 aliphatic rings. The van der Waals surface area contributed by atoms with E-state index < -0.39 is 11.9 Å². The first-order valence-electron chi connectivity index (χ1n) is 9.05. The number of ether oxygens (including phenoxy) is 2. The van der Waals surface area contributed by atoms with Crippen LogP contribution in [0.1, 0.15) is 45.4 Å². The molecule has 0 aliphatic heterocycles. The van der Waals surface area contributed by atoms with Gasteiger partial charge in [-0.25, -0.2) is 4.79 Å². The largest absolute Gasteiger partial charge is 0.484 e. The molecule has 0 atom stereocenters. The average molecular weight is 439 g/mol. The molecule has 29 heavy (non-hydrogen) atoms. The maximum atomic E-state index is 12.4. The Morgan fingerprint density at radius 3 is 2.48 bits per heavy atom. The molecule has 0 spiro atoms. The van der Waals surface area contributed by atoms with Crippen LogP contribution in [0.4, 0.5) is 5.00 Å². The number of nitrogens with one attached hydrogen (secondary N) is 2. The molecule has 1 aromatic carbocycles. The number of unbranched alkanes of at least 4 members (excludes halogenated alkanes) is 1. The Hall–Kier alpha value is -2.58. The van der Waals surface area contributed by atoms with Crippen LogP contribution in [0.25, 0.3) is 0 Å². The van der Waals surface area contributed by atoms with Gasteiger partial charge in [0.25, 0.3) is 11.8 Å². The van der Waals surface area contributed by atoms with Gasteiger partial charge in [0.1, 0.15) is 10.8 Å². The molecule has 156 valence electrons. The molecule has 2 N–H and O–H groups in total. The van der Waals surface area contributed by atoms with Crippen LogP contribution >= 0.6 is 22.9 Å². The highest BCUT2D eigenvalue weighted by atomic mass is 35.5. The van der Waals surface area contributed by atoms with Gasteiger partial charge in [0, 0.05) is 11.6 Å². The third kappa shape index (κ3) is 6.20. The molecule has 0 unspecified atom stereocenters. The second-order valence-electron chi connectivity index (χ2n) is 6.15. The zero-order valence-corrected chi connectivity index (χ0v) is 18.0. The maximum Gasteiger partial charge on any atom is 0.341 e. The summed E-state index contributed by atoms with van der Waals surface area (Å²) in [4.78, 5) is 37.3. The normalized spacial score (nSPS) is 10.3. The minimum absolute atomic E-state index is 0.165. The number of amides is 2. The number of esters is 1. The number of carbonyl (C=O) groups excluding carboxylic acids is 3. The molecule has 2 rings (SSSR count). The molecule has 0 saturated heterocycles. The molecule has 7 nitrogen and oxygen atoms in total. The summed E-state index contributed by atoms with van der Waals surface area (Å²) in [5.74, 6) is -0.898. The van der Waals surface area contributed by atoms with Crippen molar-refractivity contribution in [3.05, 3.63) is 45.3 Å². The van der Waals surface area contributed by atoms with E-state index in [1.54, 1.807) is 31.2 Å². The van der Waals surface area contributed by atoms with Crippen molar-refractivity contribution >= 4 is 45.7 Å². The van der Waals surface area contributed by atoms with Gasteiger partial charge in [-0.05, 0) is 43.2 Å². The van der Waals surface area contributed by atoms with Crippen molar-refractivity contribution in [2.24, 2.45) is 0 Å². The predicted molar refractivity (Wildman–Crippen MR) is 113 cm³/mol. The predicted octanol–water partition coefficient (Wildman–Crippen LogP) is 4.04. The van der Waals surface area contributed by atoms with Crippen LogP contribution in [0, 0.1) is 6.92 Å². The lowest BCUT2D eigenvalue weighted by Crippen LogP contribution is -2.24. The van der Waals surface area contributed by atoms with Crippen LogP contribution in [-0.4, -0.2) is 38.0 Å². The summed E-state index contributed by atoms with van der Waals surface area (Å²) in [6.07, 6.45) is 1.80. The van der Waals surface area contributed by atoms with Crippen molar-refractivity contribution in [1.82, 2.24) is 5.32 Å². The Morgan fingerprint density at radius 1 is 1.17 bits per heavy atom. The summed E-state index contributed by atoms with van der Waals surface area (Å²) in [5.41, 5.74) is 0.628. The fourth-order valence-electron chi connectivity index (χ4n) is 2.47. The van der Waals surface area contributed by atoms with Gasteiger partial charge in [0.05, 0.1) is 17.6 Å². The lowest BCUT2D eigenvalue weighted by atomic mass is 10.1. The Balaban J connectivity index is 2.13. The van der Waals surface area contributed by atoms with Crippen molar-refractivity contribution in [2.45, 2.75) is 26.7 Å². The van der Waals surface area contributed by atoms with E-state index in [4.69, 9.17) is 21.1 Å². The molecule has 0 radical (unpaired) electrons. The number of anilines is 1. The van der Waals surface area contributed by atoms with Gasteiger partial charge < -0.3 is 20.1 Å². The Kier molecular flexibility index (Phi) is 8.48. The van der Waals surface area contributed by atoms with Gasteiger partial charge in [-0.3, -0.25) is 9.59 Å². The summed E-state index contributed by atoms with van der Waals surface area (Å²) in [6, 6.07) is 6.58. The van der Waals surface area contributed by atoms with Crippen molar-refractivity contribution < 1.29 is 23.9 Å². The first-order chi connectivity index (χ1) is 13.9. The number of methoxy groups -OCH3 is 1. The van der Waals surface area contributed by atoms with Gasteiger partial charge in [-0.1, -0.05) is 24.9 Å². The first-order valence-corrected chi connectivity index (χ1v) is 10.2. The SMILES string of the molecule is CCCCNC(=O)c1sc(NC(=O)COc2ccc(Cl)cc2)c(C(=O)OC)c1C. The lowest BCUT2D eigenvalue weighted by Gasteiger charge is -2.08. The van der Waals surface area contributed by atoms with Crippen LogP contribution in [0.2, 0.25) is 5.02 Å². The van der Waals surface area contributed by atoms with Crippen LogP contribution in [-0.2, 0) is 9.53 Å². The van der Waals surface area contributed by atoms with E-state index in [-0.39, 0.29) is 23.1 Å². The molecule has 2 aromatic rings. The summed E-state index contributed by atoms with van der Waals surface area (Å²) >= 11 is 6.85. The molecule has 0 saturated carbocycles. The Labute approximate surface area is 178 Å². The molecule has 9 heteroatoms. The number of halogens is 1. The maximum absolute atomic E-state index is 12.4. The molecule has 0 aliphatic carbocycles. The van der Waals surface area contributed by atoms with Crippen molar-refractivity contribution in [3.8, 4) is 5.75 Å². The Morgan fingerprint density at radius 2 is 1.86 bits per heavy atom. The second-order valence-corrected chi connectivity index (χ2v) is 7.61. The van der Waals surface area contributed by atoms with Gasteiger partial charge in [0.2, 0.25) is 0 Å². The average Bonchev–Trinajstić information content (AvgIpc) is 3.03. The van der Waals surface area contributed by atoms with Crippen molar-refractivity contribution in [1.29, 1.82) is 0 Å². The number of benzene rings is 1. The summed E-state index contributed by atoms with van der Waals surface area (Å²) in [6.45, 7) is 3.95. The molecule has 2 amide bonds. The van der Waals surface area contributed by atoms with E-state index in [2.05, 4.69) is 10.6 Å². The third-order valence-corrected chi connectivity index (χ3v) is 5.45. The molecule has 1 aromatic heterocycles. The quantitative estimate of drug-likeness (QED) is 0.455. The van der Waals surface area contributed by atoms with Crippen LogP contribution < -0.4 is 15.4 Å². The molecule has 0 fully saturated rings. The van der Waals surface area contributed by atoms with E-state index >= 15 is 0 Å². The molecular weight excluding hydrogens is 416 g/mol. The van der Waals surface area contributed by atoms with E-state index in [1.165, 1.54) is 7.11 Å². The molecule has 1 heterocycles. The van der Waals surface area contributed by atoms with Crippen molar-refractivity contribution in [3.63, 3.8) is 0 Å². The van der Waals surface area contributed by atoms with E-state index in [1.807, 2.05) is 6.92 Å². The number of carbonyl (C=O) groups is 3. The summed E-state index contributed by atoms with van der Waals surface area (Å²) < 4.78 is 10.2. The molecular formula is C20H23ClN2O5S. The number of thiophene rings is 1. The second kappa shape index (κ2) is 10.8. The fourth-order valence-corrected chi connectivity index (χ4v) is 3.72. The van der Waals surface area contributed by atoms with Crippen LogP contribution in [0.15, 0.2) is 24.3 Å². The molecule has 0 bridgehead atoms. The van der Waals surface area contributed by atoms with Gasteiger partial charge >= 0.3 is 5.97 Å².